The van der Waals surface area contributed by atoms with Gasteiger partial charge in [0.2, 0.25) is 5.17 Å². The van der Waals surface area contributed by atoms with Crippen molar-refractivity contribution in [2.45, 2.75) is 27.2 Å². The molecule has 9 nitrogen and oxygen atoms in total. The van der Waals surface area contributed by atoms with Gasteiger partial charge in [-0.05, 0) is 73.5 Å². The minimum Gasteiger partial charge on any atom is -0.491 e. The molecule has 200 valence electrons. The van der Waals surface area contributed by atoms with Gasteiger partial charge in [-0.1, -0.05) is 30.7 Å². The Balaban J connectivity index is 1.37. The van der Waals surface area contributed by atoms with Crippen molar-refractivity contribution in [2.24, 2.45) is 10.1 Å². The number of hydrogen-bond donors (Lipinski definition) is 1. The molecule has 0 bridgehead atoms. The third-order valence-electron chi connectivity index (χ3n) is 5.40. The number of ether oxygens (including phenoxy) is 4. The molecule has 11 heteroatoms. The molecule has 0 spiro atoms. The molecule has 0 radical (unpaired) electrons. The fraction of sp³-hybridized carbons (Fsp3) is 0.333. The van der Waals surface area contributed by atoms with Gasteiger partial charge in [-0.25, -0.2) is 0 Å². The molecule has 0 aliphatic carbocycles. The summed E-state index contributed by atoms with van der Waals surface area (Å²) in [5.41, 5.74) is 1.83. The van der Waals surface area contributed by atoms with E-state index in [1.807, 2.05) is 45.0 Å². The van der Waals surface area contributed by atoms with E-state index < -0.39 is 5.91 Å². The van der Waals surface area contributed by atoms with E-state index in [0.29, 0.717) is 60.1 Å². The van der Waals surface area contributed by atoms with Gasteiger partial charge in [0.1, 0.15) is 24.0 Å². The Bertz CT molecular complexity index is 1310. The molecular formula is C27H29ClN4O5S. The van der Waals surface area contributed by atoms with E-state index >= 15 is 0 Å². The molecular weight excluding hydrogens is 528 g/mol. The first kappa shape index (κ1) is 27.7. The van der Waals surface area contributed by atoms with Gasteiger partial charge >= 0.3 is 0 Å². The predicted octanol–water partition coefficient (Wildman–Crippen LogP) is 5.55. The summed E-state index contributed by atoms with van der Waals surface area (Å²) in [5, 5.41) is 15.7. The largest absolute Gasteiger partial charge is 0.491 e. The Morgan fingerprint density at radius 3 is 2.61 bits per heavy atom. The number of benzene rings is 2. The number of thioether (sulfide) groups is 1. The van der Waals surface area contributed by atoms with Crippen molar-refractivity contribution in [3.8, 4) is 17.2 Å². The lowest BCUT2D eigenvalue weighted by Gasteiger charge is -2.20. The van der Waals surface area contributed by atoms with Crippen LogP contribution in [0.2, 0.25) is 5.02 Å². The van der Waals surface area contributed by atoms with Gasteiger partial charge in [-0.2, -0.15) is 15.1 Å². The van der Waals surface area contributed by atoms with Gasteiger partial charge in [-0.3, -0.25) is 10.2 Å². The number of amidine groups is 2. The van der Waals surface area contributed by atoms with Crippen molar-refractivity contribution >= 4 is 51.4 Å². The smallest absolute Gasteiger partial charge is 0.283 e. The highest BCUT2D eigenvalue weighted by Gasteiger charge is 2.35. The van der Waals surface area contributed by atoms with Crippen LogP contribution in [0, 0.1) is 12.3 Å². The highest BCUT2D eigenvalue weighted by molar-refractivity contribution is 8.26. The maximum atomic E-state index is 12.7. The van der Waals surface area contributed by atoms with E-state index in [1.165, 1.54) is 16.8 Å². The normalized spacial score (nSPS) is 15.9. The van der Waals surface area contributed by atoms with Crippen LogP contribution in [0.25, 0.3) is 6.08 Å². The molecule has 0 unspecified atom stereocenters. The number of carbonyl (C=O) groups excluding carboxylic acids is 1. The number of nitrogens with zero attached hydrogens (tertiary/aromatic N) is 3. The monoisotopic (exact) mass is 556 g/mol. The summed E-state index contributed by atoms with van der Waals surface area (Å²) in [4.78, 5) is 16.7. The second-order valence-electron chi connectivity index (χ2n) is 8.26. The summed E-state index contributed by atoms with van der Waals surface area (Å²) in [6.07, 6.45) is 2.26. The maximum Gasteiger partial charge on any atom is 0.283 e. The SMILES string of the molecule is CCOc1cc(/C=C2/C(=N)N3N=C(CC)SC3=NC2=O)cc(Cl)c1OCCOCCOc1cccc(C)c1. The van der Waals surface area contributed by atoms with Crippen molar-refractivity contribution in [1.82, 2.24) is 5.01 Å². The number of carbonyl (C=O) groups is 1. The average Bonchev–Trinajstić information content (AvgIpc) is 3.31. The topological polar surface area (TPSA) is 106 Å². The molecule has 4 rings (SSSR count). The van der Waals surface area contributed by atoms with E-state index in [1.54, 1.807) is 18.2 Å². The van der Waals surface area contributed by atoms with Crippen molar-refractivity contribution in [3.63, 3.8) is 0 Å². The van der Waals surface area contributed by atoms with Gasteiger partial charge in [0.05, 0.1) is 30.4 Å². The summed E-state index contributed by atoms with van der Waals surface area (Å²) in [5.74, 6) is 1.08. The highest BCUT2D eigenvalue weighted by Crippen LogP contribution is 2.38. The number of aryl methyl sites for hydroxylation is 1. The number of hydrogen-bond acceptors (Lipinski definition) is 8. The molecule has 0 saturated heterocycles. The third-order valence-corrected chi connectivity index (χ3v) is 6.74. The second-order valence-corrected chi connectivity index (χ2v) is 9.70. The summed E-state index contributed by atoms with van der Waals surface area (Å²) >= 11 is 7.83. The molecule has 2 aliphatic rings. The lowest BCUT2D eigenvalue weighted by molar-refractivity contribution is -0.114. The fourth-order valence-electron chi connectivity index (χ4n) is 3.64. The number of fused-ring (bicyclic) bond motifs is 1. The quantitative estimate of drug-likeness (QED) is 0.270. The van der Waals surface area contributed by atoms with Crippen LogP contribution in [0.5, 0.6) is 17.2 Å². The van der Waals surface area contributed by atoms with Crippen molar-refractivity contribution < 1.29 is 23.7 Å². The van der Waals surface area contributed by atoms with E-state index in [2.05, 4.69) is 10.1 Å². The Labute approximate surface area is 231 Å². The fourth-order valence-corrected chi connectivity index (χ4v) is 4.74. The molecule has 1 amide bonds. The molecule has 1 N–H and O–H groups in total. The maximum absolute atomic E-state index is 12.7. The Morgan fingerprint density at radius 1 is 1.08 bits per heavy atom. The predicted molar refractivity (Wildman–Crippen MR) is 151 cm³/mol. The van der Waals surface area contributed by atoms with Crippen LogP contribution >= 0.6 is 23.4 Å². The zero-order chi connectivity index (χ0) is 27.1. The Morgan fingerprint density at radius 2 is 1.87 bits per heavy atom. The van der Waals surface area contributed by atoms with Gasteiger partial charge in [-0.15, -0.1) is 0 Å². The summed E-state index contributed by atoms with van der Waals surface area (Å²) in [6.45, 7) is 7.66. The zero-order valence-electron chi connectivity index (χ0n) is 21.5. The van der Waals surface area contributed by atoms with Crippen LogP contribution in [0.4, 0.5) is 0 Å². The van der Waals surface area contributed by atoms with Crippen LogP contribution in [0.1, 0.15) is 31.4 Å². The molecule has 0 saturated carbocycles. The minimum atomic E-state index is -0.501. The molecule has 2 aromatic rings. The van der Waals surface area contributed by atoms with Gasteiger partial charge < -0.3 is 18.9 Å². The zero-order valence-corrected chi connectivity index (χ0v) is 23.0. The number of aliphatic imine (C=N–C) groups is 1. The Hall–Kier alpha value is -3.34. The third kappa shape index (κ3) is 6.75. The molecule has 38 heavy (non-hydrogen) atoms. The molecule has 0 fully saturated rings. The first-order chi connectivity index (χ1) is 18.4. The van der Waals surface area contributed by atoms with Crippen LogP contribution in [0.3, 0.4) is 0 Å². The van der Waals surface area contributed by atoms with Crippen LogP contribution in [0.15, 0.2) is 52.1 Å². The molecule has 2 heterocycles. The highest BCUT2D eigenvalue weighted by atomic mass is 35.5. The van der Waals surface area contributed by atoms with Crippen LogP contribution in [-0.2, 0) is 9.53 Å². The van der Waals surface area contributed by atoms with E-state index in [0.717, 1.165) is 16.4 Å². The first-order valence-electron chi connectivity index (χ1n) is 12.2. The standard InChI is InChI=1S/C27H29ClN4O5S/c1-4-23-31-32-25(29)20(26(33)30-27(32)38-23)14-18-15-21(28)24(22(16-18)35-5-2)37-12-10-34-9-11-36-19-8-6-7-17(3)13-19/h6-8,13-16,29H,4-5,9-12H2,1-3H3/b20-14-,29-25?. The molecule has 0 aromatic heterocycles. The molecule has 0 atom stereocenters. The van der Waals surface area contributed by atoms with E-state index in [4.69, 9.17) is 36.0 Å². The van der Waals surface area contributed by atoms with Crippen LogP contribution in [-0.4, -0.2) is 60.0 Å². The summed E-state index contributed by atoms with van der Waals surface area (Å²) in [7, 11) is 0. The van der Waals surface area contributed by atoms with Crippen LogP contribution < -0.4 is 14.2 Å². The lowest BCUT2D eigenvalue weighted by atomic mass is 10.1. The Kier molecular flexibility index (Phi) is 9.43. The molecule has 2 aliphatic heterocycles. The average molecular weight is 557 g/mol. The summed E-state index contributed by atoms with van der Waals surface area (Å²) in [6, 6.07) is 11.2. The molecule has 2 aromatic carbocycles. The van der Waals surface area contributed by atoms with Gasteiger partial charge in [0, 0.05) is 0 Å². The van der Waals surface area contributed by atoms with E-state index in [-0.39, 0.29) is 18.0 Å². The number of nitrogens with one attached hydrogen (secondary N) is 1. The van der Waals surface area contributed by atoms with Crippen molar-refractivity contribution in [2.75, 3.05) is 33.0 Å². The van der Waals surface area contributed by atoms with Gasteiger partial charge in [0.25, 0.3) is 5.91 Å². The van der Waals surface area contributed by atoms with E-state index in [9.17, 15) is 4.79 Å². The second kappa shape index (κ2) is 12.9. The lowest BCUT2D eigenvalue weighted by Crippen LogP contribution is -2.35. The number of amides is 1. The minimum absolute atomic E-state index is 0.0334. The number of halogens is 1. The van der Waals surface area contributed by atoms with Crippen molar-refractivity contribution in [1.29, 1.82) is 5.41 Å². The van der Waals surface area contributed by atoms with Gasteiger partial charge in [0.15, 0.2) is 17.3 Å². The number of rotatable bonds is 12. The number of hydrazone groups is 1. The first-order valence-corrected chi connectivity index (χ1v) is 13.4. The van der Waals surface area contributed by atoms with Crippen molar-refractivity contribution in [3.05, 3.63) is 58.1 Å². The summed E-state index contributed by atoms with van der Waals surface area (Å²) < 4.78 is 22.9.